The van der Waals surface area contributed by atoms with Crippen LogP contribution < -0.4 is 0 Å². The van der Waals surface area contributed by atoms with E-state index >= 15 is 0 Å². The smallest absolute Gasteiger partial charge is 0.434 e. The van der Waals surface area contributed by atoms with Gasteiger partial charge in [0.05, 0.1) is 13.2 Å². The van der Waals surface area contributed by atoms with E-state index in [1.54, 1.807) is 0 Å². The van der Waals surface area contributed by atoms with Gasteiger partial charge in [-0.3, -0.25) is 0 Å². The number of hydrogen-bond donors (Lipinski definition) is 0. The predicted octanol–water partition coefficient (Wildman–Crippen LogP) is 3.11. The molecule has 0 aromatic carbocycles. The van der Waals surface area contributed by atoms with Crippen LogP contribution >= 0.6 is 15.9 Å². The van der Waals surface area contributed by atoms with E-state index in [1.165, 1.54) is 0 Å². The summed E-state index contributed by atoms with van der Waals surface area (Å²) in [5.41, 5.74) is 0. The first-order valence-corrected chi connectivity index (χ1v) is 5.79. The number of halogens is 1. The highest BCUT2D eigenvalue weighted by atomic mass is 79.9. The third kappa shape index (κ3) is 9.67. The van der Waals surface area contributed by atoms with Crippen LogP contribution in [0.25, 0.3) is 0 Å². The van der Waals surface area contributed by atoms with Crippen molar-refractivity contribution >= 4 is 22.1 Å². The van der Waals surface area contributed by atoms with E-state index < -0.39 is 6.16 Å². The maximum Gasteiger partial charge on any atom is 0.508 e. The van der Waals surface area contributed by atoms with Crippen molar-refractivity contribution in [3.8, 4) is 0 Å². The first-order valence-electron chi connectivity index (χ1n) is 4.66. The molecule has 0 amide bonds. The lowest BCUT2D eigenvalue weighted by Gasteiger charge is -2.04. The fourth-order valence-corrected chi connectivity index (χ4v) is 0.988. The van der Waals surface area contributed by atoms with Crippen LogP contribution in [0.3, 0.4) is 0 Å². The molecule has 0 aliphatic heterocycles. The molecule has 0 aromatic rings. The van der Waals surface area contributed by atoms with E-state index in [4.69, 9.17) is 9.47 Å². The second-order valence-electron chi connectivity index (χ2n) is 2.70. The van der Waals surface area contributed by atoms with E-state index in [1.807, 2.05) is 0 Å². The Morgan fingerprint density at radius 1 is 1.15 bits per heavy atom. The molecule has 4 heteroatoms. The average Bonchev–Trinajstić information content (AvgIpc) is 2.13. The van der Waals surface area contributed by atoms with Crippen LogP contribution in [0.4, 0.5) is 4.79 Å². The molecule has 0 atom stereocenters. The minimum atomic E-state index is -0.544. The highest BCUT2D eigenvalue weighted by molar-refractivity contribution is 9.09. The molecule has 0 bridgehead atoms. The molecule has 0 aliphatic rings. The molecule has 0 spiro atoms. The summed E-state index contributed by atoms with van der Waals surface area (Å²) in [6.45, 7) is 3.01. The van der Waals surface area contributed by atoms with Gasteiger partial charge in [-0.15, -0.1) is 0 Å². The molecule has 78 valence electrons. The summed E-state index contributed by atoms with van der Waals surface area (Å²) in [5.74, 6) is 0. The molecule has 0 unspecified atom stereocenters. The van der Waals surface area contributed by atoms with Crippen molar-refractivity contribution in [1.82, 2.24) is 0 Å². The lowest BCUT2D eigenvalue weighted by Crippen LogP contribution is -2.09. The van der Waals surface area contributed by atoms with Crippen LogP contribution in [0.5, 0.6) is 0 Å². The number of rotatable bonds is 7. The van der Waals surface area contributed by atoms with Gasteiger partial charge in [-0.1, -0.05) is 35.7 Å². The van der Waals surface area contributed by atoms with Gasteiger partial charge in [-0.25, -0.2) is 4.79 Å². The number of carbonyl (C=O) groups is 1. The molecule has 0 saturated heterocycles. The standard InChI is InChI=1S/C9H17BrO3/c1-2-3-4-7-12-9(11)13-8-5-6-10/h2-8H2,1H3. The zero-order chi connectivity index (χ0) is 9.94. The third-order valence-electron chi connectivity index (χ3n) is 1.47. The Bertz CT molecular complexity index is 128. The van der Waals surface area contributed by atoms with Crippen molar-refractivity contribution in [3.05, 3.63) is 0 Å². The Balaban J connectivity index is 3.11. The number of ether oxygens (including phenoxy) is 2. The second kappa shape index (κ2) is 9.84. The van der Waals surface area contributed by atoms with Crippen LogP contribution in [-0.4, -0.2) is 24.7 Å². The number of hydrogen-bond acceptors (Lipinski definition) is 3. The normalized spacial score (nSPS) is 9.69. The Morgan fingerprint density at radius 2 is 1.77 bits per heavy atom. The van der Waals surface area contributed by atoms with Gasteiger partial charge < -0.3 is 9.47 Å². The Labute approximate surface area is 87.9 Å². The molecule has 0 radical (unpaired) electrons. The first-order chi connectivity index (χ1) is 6.31. The lowest BCUT2D eigenvalue weighted by atomic mass is 10.3. The number of carbonyl (C=O) groups excluding carboxylic acids is 1. The molecule has 0 fully saturated rings. The van der Waals surface area contributed by atoms with Crippen LogP contribution in [0.2, 0.25) is 0 Å². The quantitative estimate of drug-likeness (QED) is 0.397. The third-order valence-corrected chi connectivity index (χ3v) is 2.03. The molecule has 0 aliphatic carbocycles. The molecule has 0 aromatic heterocycles. The molecular weight excluding hydrogens is 236 g/mol. The average molecular weight is 253 g/mol. The van der Waals surface area contributed by atoms with Crippen molar-refractivity contribution in [3.63, 3.8) is 0 Å². The molecule has 0 rings (SSSR count). The summed E-state index contributed by atoms with van der Waals surface area (Å²) >= 11 is 3.24. The summed E-state index contributed by atoms with van der Waals surface area (Å²) in [4.78, 5) is 10.8. The summed E-state index contributed by atoms with van der Waals surface area (Å²) in [5, 5.41) is 0.843. The molecular formula is C9H17BrO3. The SMILES string of the molecule is CCCCCOC(=O)OCCCBr. The zero-order valence-corrected chi connectivity index (χ0v) is 9.64. The minimum absolute atomic E-state index is 0.428. The minimum Gasteiger partial charge on any atom is -0.434 e. The first kappa shape index (κ1) is 12.8. The summed E-state index contributed by atoms with van der Waals surface area (Å²) in [7, 11) is 0. The Kier molecular flexibility index (Phi) is 9.65. The van der Waals surface area contributed by atoms with Crippen molar-refractivity contribution in [2.75, 3.05) is 18.5 Å². The molecule has 13 heavy (non-hydrogen) atoms. The fraction of sp³-hybridized carbons (Fsp3) is 0.889. The number of unbranched alkanes of at least 4 members (excludes halogenated alkanes) is 2. The maximum absolute atomic E-state index is 10.8. The molecule has 0 heterocycles. The Morgan fingerprint density at radius 3 is 2.31 bits per heavy atom. The highest BCUT2D eigenvalue weighted by Gasteiger charge is 2.01. The summed E-state index contributed by atoms with van der Waals surface area (Å²) < 4.78 is 9.59. The van der Waals surface area contributed by atoms with Gasteiger partial charge in [0.25, 0.3) is 0 Å². The van der Waals surface area contributed by atoms with Crippen molar-refractivity contribution in [2.45, 2.75) is 32.6 Å². The predicted molar refractivity (Wildman–Crippen MR) is 55.2 cm³/mol. The topological polar surface area (TPSA) is 35.5 Å². The van der Waals surface area contributed by atoms with Gasteiger partial charge in [-0.05, 0) is 12.8 Å². The zero-order valence-electron chi connectivity index (χ0n) is 8.05. The summed E-state index contributed by atoms with van der Waals surface area (Å²) in [6.07, 6.45) is 3.42. The largest absolute Gasteiger partial charge is 0.508 e. The van der Waals surface area contributed by atoms with Crippen LogP contribution in [-0.2, 0) is 9.47 Å². The van der Waals surface area contributed by atoms with E-state index in [9.17, 15) is 4.79 Å². The van der Waals surface area contributed by atoms with Crippen molar-refractivity contribution in [1.29, 1.82) is 0 Å². The highest BCUT2D eigenvalue weighted by Crippen LogP contribution is 1.96. The van der Waals surface area contributed by atoms with Gasteiger partial charge >= 0.3 is 6.16 Å². The summed E-state index contributed by atoms with van der Waals surface area (Å²) in [6, 6.07) is 0. The Hall–Kier alpha value is -0.250. The number of alkyl halides is 1. The van der Waals surface area contributed by atoms with E-state index in [0.29, 0.717) is 13.2 Å². The maximum atomic E-state index is 10.8. The van der Waals surface area contributed by atoms with Gasteiger partial charge in [0.15, 0.2) is 0 Å². The van der Waals surface area contributed by atoms with E-state index in [2.05, 4.69) is 22.9 Å². The second-order valence-corrected chi connectivity index (χ2v) is 3.49. The van der Waals surface area contributed by atoms with Crippen LogP contribution in [0.1, 0.15) is 32.6 Å². The van der Waals surface area contributed by atoms with Crippen LogP contribution in [0.15, 0.2) is 0 Å². The van der Waals surface area contributed by atoms with Gasteiger partial charge in [0.1, 0.15) is 0 Å². The van der Waals surface area contributed by atoms with Gasteiger partial charge in [0, 0.05) is 5.33 Å². The van der Waals surface area contributed by atoms with Crippen molar-refractivity contribution in [2.24, 2.45) is 0 Å². The van der Waals surface area contributed by atoms with Crippen LogP contribution in [0, 0.1) is 0 Å². The van der Waals surface area contributed by atoms with Gasteiger partial charge in [-0.2, -0.15) is 0 Å². The van der Waals surface area contributed by atoms with Crippen molar-refractivity contribution < 1.29 is 14.3 Å². The fourth-order valence-electron chi connectivity index (χ4n) is 0.759. The van der Waals surface area contributed by atoms with E-state index in [-0.39, 0.29) is 0 Å². The monoisotopic (exact) mass is 252 g/mol. The lowest BCUT2D eigenvalue weighted by molar-refractivity contribution is 0.0545. The molecule has 0 saturated carbocycles. The van der Waals surface area contributed by atoms with E-state index in [0.717, 1.165) is 31.0 Å². The molecule has 3 nitrogen and oxygen atoms in total. The molecule has 0 N–H and O–H groups in total. The van der Waals surface area contributed by atoms with Gasteiger partial charge in [0.2, 0.25) is 0 Å².